The van der Waals surface area contributed by atoms with E-state index in [1.165, 1.54) is 25.4 Å². The molecule has 2 rings (SSSR count). The average Bonchev–Trinajstić information content (AvgIpc) is 2.70. The standard InChI is InChI=1S/C10H7Cl2N3O3S2/c1-5-9(20(12,17)18)19-10(14-5)15-8(16)6-2-3-13-4-7(6)11/h2-4H,1H3,(H,14,15,16). The molecule has 0 aromatic carbocycles. The molecule has 0 aliphatic rings. The minimum atomic E-state index is -3.88. The molecule has 2 heterocycles. The van der Waals surface area contributed by atoms with Crippen LogP contribution in [-0.2, 0) is 9.05 Å². The second-order valence-electron chi connectivity index (χ2n) is 3.64. The highest BCUT2D eigenvalue weighted by Crippen LogP contribution is 2.30. The number of anilines is 1. The van der Waals surface area contributed by atoms with Gasteiger partial charge in [-0.25, -0.2) is 13.4 Å². The van der Waals surface area contributed by atoms with Gasteiger partial charge < -0.3 is 0 Å². The van der Waals surface area contributed by atoms with Gasteiger partial charge >= 0.3 is 0 Å². The zero-order valence-corrected chi connectivity index (χ0v) is 13.1. The first-order chi connectivity index (χ1) is 9.29. The van der Waals surface area contributed by atoms with Crippen LogP contribution in [0.3, 0.4) is 0 Å². The van der Waals surface area contributed by atoms with Crippen molar-refractivity contribution in [1.82, 2.24) is 9.97 Å². The molecule has 0 unspecified atom stereocenters. The summed E-state index contributed by atoms with van der Waals surface area (Å²) in [6.45, 7) is 1.49. The highest BCUT2D eigenvalue weighted by molar-refractivity contribution is 8.15. The van der Waals surface area contributed by atoms with Crippen LogP contribution < -0.4 is 5.32 Å². The van der Waals surface area contributed by atoms with Crippen molar-refractivity contribution in [3.8, 4) is 0 Å². The maximum atomic E-state index is 12.0. The maximum Gasteiger partial charge on any atom is 0.272 e. The first-order valence-electron chi connectivity index (χ1n) is 5.12. The molecule has 0 aliphatic carbocycles. The number of hydrogen-bond donors (Lipinski definition) is 1. The van der Waals surface area contributed by atoms with Crippen LogP contribution in [0.15, 0.2) is 22.7 Å². The van der Waals surface area contributed by atoms with Crippen LogP contribution in [0.1, 0.15) is 16.1 Å². The number of rotatable bonds is 3. The van der Waals surface area contributed by atoms with Gasteiger partial charge in [-0.1, -0.05) is 22.9 Å². The fourth-order valence-corrected chi connectivity index (χ4v) is 3.94. The first-order valence-corrected chi connectivity index (χ1v) is 8.62. The lowest BCUT2D eigenvalue weighted by Gasteiger charge is -2.02. The normalized spacial score (nSPS) is 11.3. The molecular weight excluding hydrogens is 345 g/mol. The lowest BCUT2D eigenvalue weighted by molar-refractivity contribution is 0.102. The molecule has 20 heavy (non-hydrogen) atoms. The predicted octanol–water partition coefficient (Wildman–Crippen LogP) is 2.68. The number of nitrogens with zero attached hydrogens (tertiary/aromatic N) is 2. The van der Waals surface area contributed by atoms with Crippen molar-refractivity contribution in [3.63, 3.8) is 0 Å². The Hall–Kier alpha value is -1.22. The SMILES string of the molecule is Cc1nc(NC(=O)c2ccncc2Cl)sc1S(=O)(=O)Cl. The summed E-state index contributed by atoms with van der Waals surface area (Å²) in [7, 11) is 1.38. The molecule has 10 heteroatoms. The number of carbonyl (C=O) groups excluding carboxylic acids is 1. The van der Waals surface area contributed by atoms with Crippen molar-refractivity contribution in [2.45, 2.75) is 11.1 Å². The molecule has 0 saturated carbocycles. The molecule has 0 spiro atoms. The van der Waals surface area contributed by atoms with E-state index in [2.05, 4.69) is 15.3 Å². The Morgan fingerprint density at radius 1 is 1.45 bits per heavy atom. The van der Waals surface area contributed by atoms with E-state index >= 15 is 0 Å². The summed E-state index contributed by atoms with van der Waals surface area (Å²) in [5.41, 5.74) is 0.436. The van der Waals surface area contributed by atoms with E-state index in [9.17, 15) is 13.2 Å². The number of hydrogen-bond acceptors (Lipinski definition) is 6. The van der Waals surface area contributed by atoms with E-state index in [1.807, 2.05) is 0 Å². The number of halogens is 2. The van der Waals surface area contributed by atoms with Gasteiger partial charge in [0.25, 0.3) is 15.0 Å². The number of carbonyl (C=O) groups is 1. The minimum Gasteiger partial charge on any atom is -0.298 e. The zero-order chi connectivity index (χ0) is 14.9. The second kappa shape index (κ2) is 5.65. The highest BCUT2D eigenvalue weighted by Gasteiger charge is 2.20. The molecule has 0 bridgehead atoms. The third-order valence-electron chi connectivity index (χ3n) is 2.21. The number of amides is 1. The van der Waals surface area contributed by atoms with Gasteiger partial charge in [-0.05, 0) is 13.0 Å². The van der Waals surface area contributed by atoms with Crippen molar-refractivity contribution in [2.24, 2.45) is 0 Å². The van der Waals surface area contributed by atoms with Gasteiger partial charge in [0.2, 0.25) is 0 Å². The molecule has 2 aromatic heterocycles. The largest absolute Gasteiger partial charge is 0.298 e. The number of pyridine rings is 1. The predicted molar refractivity (Wildman–Crippen MR) is 77.1 cm³/mol. The molecule has 1 amide bonds. The van der Waals surface area contributed by atoms with E-state index in [4.69, 9.17) is 22.3 Å². The van der Waals surface area contributed by atoms with Gasteiger partial charge in [0, 0.05) is 23.1 Å². The fraction of sp³-hybridized carbons (Fsp3) is 0.100. The Labute approximate surface area is 128 Å². The quantitative estimate of drug-likeness (QED) is 0.858. The molecule has 0 saturated heterocycles. The number of thiazole rings is 1. The van der Waals surface area contributed by atoms with Gasteiger partial charge in [0.15, 0.2) is 9.34 Å². The minimum absolute atomic E-state index is 0.102. The van der Waals surface area contributed by atoms with Crippen LogP contribution in [0.5, 0.6) is 0 Å². The number of aryl methyl sites for hydroxylation is 1. The summed E-state index contributed by atoms with van der Waals surface area (Å²) < 4.78 is 22.4. The third-order valence-corrected chi connectivity index (χ3v) is 5.77. The van der Waals surface area contributed by atoms with E-state index in [-0.39, 0.29) is 25.6 Å². The fourth-order valence-electron chi connectivity index (χ4n) is 1.39. The maximum absolute atomic E-state index is 12.0. The van der Waals surface area contributed by atoms with Crippen LogP contribution in [0, 0.1) is 6.92 Å². The average molecular weight is 352 g/mol. The summed E-state index contributed by atoms with van der Waals surface area (Å²) in [4.78, 5) is 19.7. The van der Waals surface area contributed by atoms with E-state index in [1.54, 1.807) is 0 Å². The Kier molecular flexibility index (Phi) is 4.28. The van der Waals surface area contributed by atoms with E-state index < -0.39 is 15.0 Å². The van der Waals surface area contributed by atoms with Crippen LogP contribution in [0.2, 0.25) is 5.02 Å². The molecule has 0 atom stereocenters. The first kappa shape index (κ1) is 15.2. The Morgan fingerprint density at radius 3 is 2.70 bits per heavy atom. The van der Waals surface area contributed by atoms with Crippen molar-refractivity contribution >= 4 is 53.7 Å². The summed E-state index contributed by atoms with van der Waals surface area (Å²) in [5.74, 6) is -0.510. The van der Waals surface area contributed by atoms with E-state index in [0.29, 0.717) is 0 Å². The van der Waals surface area contributed by atoms with Crippen LogP contribution in [-0.4, -0.2) is 24.3 Å². The van der Waals surface area contributed by atoms with Crippen LogP contribution in [0.4, 0.5) is 5.13 Å². The summed E-state index contributed by atoms with van der Waals surface area (Å²) in [6, 6.07) is 1.44. The van der Waals surface area contributed by atoms with Crippen molar-refractivity contribution < 1.29 is 13.2 Å². The van der Waals surface area contributed by atoms with Crippen molar-refractivity contribution in [1.29, 1.82) is 0 Å². The molecule has 106 valence electrons. The smallest absolute Gasteiger partial charge is 0.272 e. The van der Waals surface area contributed by atoms with Gasteiger partial charge in [-0.15, -0.1) is 0 Å². The Balaban J connectivity index is 2.28. The second-order valence-corrected chi connectivity index (χ2v) is 7.81. The van der Waals surface area contributed by atoms with Gasteiger partial charge in [0.1, 0.15) is 0 Å². The monoisotopic (exact) mass is 351 g/mol. The van der Waals surface area contributed by atoms with Crippen molar-refractivity contribution in [2.75, 3.05) is 5.32 Å². The molecular formula is C10H7Cl2N3O3S2. The third kappa shape index (κ3) is 3.26. The van der Waals surface area contributed by atoms with Gasteiger partial charge in [0.05, 0.1) is 16.3 Å². The summed E-state index contributed by atoms with van der Waals surface area (Å²) in [6.07, 6.45) is 2.75. The van der Waals surface area contributed by atoms with Crippen molar-refractivity contribution in [3.05, 3.63) is 34.7 Å². The number of aromatic nitrogens is 2. The lowest BCUT2D eigenvalue weighted by Crippen LogP contribution is -2.12. The topological polar surface area (TPSA) is 89.0 Å². The zero-order valence-electron chi connectivity index (χ0n) is 9.92. The molecule has 0 aliphatic heterocycles. The molecule has 0 fully saturated rings. The molecule has 0 radical (unpaired) electrons. The van der Waals surface area contributed by atoms with Crippen LogP contribution >= 0.6 is 33.6 Å². The Bertz CT molecular complexity index is 774. The molecule has 1 N–H and O–H groups in total. The lowest BCUT2D eigenvalue weighted by atomic mass is 10.2. The molecule has 6 nitrogen and oxygen atoms in total. The summed E-state index contributed by atoms with van der Waals surface area (Å²) >= 11 is 6.61. The van der Waals surface area contributed by atoms with E-state index in [0.717, 1.165) is 11.3 Å². The van der Waals surface area contributed by atoms with Gasteiger partial charge in [-0.3, -0.25) is 15.1 Å². The molecule has 2 aromatic rings. The number of nitrogens with one attached hydrogen (secondary N) is 1. The van der Waals surface area contributed by atoms with Gasteiger partial charge in [-0.2, -0.15) is 0 Å². The highest BCUT2D eigenvalue weighted by atomic mass is 35.7. The summed E-state index contributed by atoms with van der Waals surface area (Å²) in [5, 5.41) is 2.77. The van der Waals surface area contributed by atoms with Crippen LogP contribution in [0.25, 0.3) is 0 Å². The Morgan fingerprint density at radius 2 is 2.15 bits per heavy atom.